The van der Waals surface area contributed by atoms with E-state index in [2.05, 4.69) is 19.1 Å². The molecule has 0 bridgehead atoms. The van der Waals surface area contributed by atoms with E-state index in [0.29, 0.717) is 5.56 Å². The first kappa shape index (κ1) is 23.4. The van der Waals surface area contributed by atoms with E-state index in [9.17, 15) is 13.2 Å². The molecule has 3 rings (SSSR count). The summed E-state index contributed by atoms with van der Waals surface area (Å²) in [5.74, 6) is -0.689. The van der Waals surface area contributed by atoms with Crippen LogP contribution in [0.15, 0.2) is 24.3 Å². The van der Waals surface area contributed by atoms with E-state index in [0.717, 1.165) is 49.9 Å². The Bertz CT molecular complexity index is 642. The molecule has 0 amide bonds. The fourth-order valence-electron chi connectivity index (χ4n) is 5.68. The quantitative estimate of drug-likeness (QED) is 0.212. The molecule has 3 heteroatoms. The van der Waals surface area contributed by atoms with Crippen LogP contribution in [0.5, 0.6) is 0 Å². The van der Waals surface area contributed by atoms with Gasteiger partial charge >= 0.3 is 0 Å². The summed E-state index contributed by atoms with van der Waals surface area (Å²) in [4.78, 5) is 0. The minimum atomic E-state index is -1.35. The predicted octanol–water partition coefficient (Wildman–Crippen LogP) is 9.10. The molecule has 0 saturated heterocycles. The first-order valence-electron chi connectivity index (χ1n) is 12.4. The third-order valence-electron chi connectivity index (χ3n) is 7.66. The van der Waals surface area contributed by atoms with Crippen molar-refractivity contribution in [1.29, 1.82) is 0 Å². The van der Waals surface area contributed by atoms with Crippen LogP contribution in [0.3, 0.4) is 0 Å². The van der Waals surface area contributed by atoms with E-state index in [-0.39, 0.29) is 5.92 Å². The predicted molar refractivity (Wildman–Crippen MR) is 119 cm³/mol. The van der Waals surface area contributed by atoms with Crippen LogP contribution in [0.25, 0.3) is 0 Å². The van der Waals surface area contributed by atoms with Crippen LogP contribution >= 0.6 is 0 Å². The molecule has 0 heterocycles. The SMILES string of the molecule is CCC=CCCCC1CCC(CCC2CCC(c3cc(F)c(F)c(F)c3)CC2)CC1. The van der Waals surface area contributed by atoms with Crippen molar-refractivity contribution < 1.29 is 13.2 Å². The molecule has 0 nitrogen and oxygen atoms in total. The van der Waals surface area contributed by atoms with Crippen molar-refractivity contribution >= 4 is 0 Å². The lowest BCUT2D eigenvalue weighted by molar-refractivity contribution is 0.223. The highest BCUT2D eigenvalue weighted by Crippen LogP contribution is 2.40. The number of benzene rings is 1. The van der Waals surface area contributed by atoms with Crippen molar-refractivity contribution in [2.75, 3.05) is 0 Å². The van der Waals surface area contributed by atoms with Crippen LogP contribution in [0.4, 0.5) is 13.2 Å². The lowest BCUT2D eigenvalue weighted by Crippen LogP contribution is -2.18. The molecule has 2 fully saturated rings. The van der Waals surface area contributed by atoms with Gasteiger partial charge in [0, 0.05) is 0 Å². The van der Waals surface area contributed by atoms with E-state index in [4.69, 9.17) is 0 Å². The molecule has 0 unspecified atom stereocenters. The van der Waals surface area contributed by atoms with E-state index in [1.807, 2.05) is 0 Å². The molecule has 2 saturated carbocycles. The molecular formula is C27H39F3. The maximum absolute atomic E-state index is 13.5. The molecule has 30 heavy (non-hydrogen) atoms. The normalized spacial score (nSPS) is 27.6. The zero-order valence-corrected chi connectivity index (χ0v) is 18.7. The molecule has 0 spiro atoms. The second kappa shape index (κ2) is 12.0. The lowest BCUT2D eigenvalue weighted by atomic mass is 9.74. The van der Waals surface area contributed by atoms with Crippen LogP contribution in [-0.4, -0.2) is 0 Å². The fourth-order valence-corrected chi connectivity index (χ4v) is 5.68. The molecule has 1 aromatic carbocycles. The van der Waals surface area contributed by atoms with Gasteiger partial charge in [0.2, 0.25) is 0 Å². The summed E-state index contributed by atoms with van der Waals surface area (Å²) in [7, 11) is 0. The summed E-state index contributed by atoms with van der Waals surface area (Å²) in [6, 6.07) is 2.39. The summed E-state index contributed by atoms with van der Waals surface area (Å²) in [5.41, 5.74) is 0.633. The topological polar surface area (TPSA) is 0 Å². The van der Waals surface area contributed by atoms with Crippen molar-refractivity contribution in [3.05, 3.63) is 47.3 Å². The summed E-state index contributed by atoms with van der Waals surface area (Å²) in [6.45, 7) is 2.19. The summed E-state index contributed by atoms with van der Waals surface area (Å²) in [5, 5.41) is 0. The summed E-state index contributed by atoms with van der Waals surface area (Å²) < 4.78 is 40.2. The fraction of sp³-hybridized carbons (Fsp3) is 0.704. The van der Waals surface area contributed by atoms with Gasteiger partial charge in [-0.1, -0.05) is 64.0 Å². The Balaban J connectivity index is 1.31. The third kappa shape index (κ3) is 6.89. The third-order valence-corrected chi connectivity index (χ3v) is 7.66. The maximum atomic E-state index is 13.5. The van der Waals surface area contributed by atoms with Crippen molar-refractivity contribution in [3.8, 4) is 0 Å². The number of hydrogen-bond acceptors (Lipinski definition) is 0. The Kier molecular flexibility index (Phi) is 9.33. The van der Waals surface area contributed by atoms with Gasteiger partial charge in [0.25, 0.3) is 0 Å². The molecule has 2 aliphatic rings. The molecule has 0 aliphatic heterocycles. The zero-order valence-electron chi connectivity index (χ0n) is 18.7. The van der Waals surface area contributed by atoms with Crippen LogP contribution in [-0.2, 0) is 0 Å². The number of hydrogen-bond donors (Lipinski definition) is 0. The second-order valence-electron chi connectivity index (χ2n) is 9.79. The highest BCUT2D eigenvalue weighted by Gasteiger charge is 2.26. The summed E-state index contributed by atoms with van der Waals surface area (Å²) >= 11 is 0. The first-order chi connectivity index (χ1) is 14.6. The largest absolute Gasteiger partial charge is 0.204 e. The standard InChI is InChI=1S/C27H39F3/c1-2-3-4-5-6-7-20-8-10-21(11-9-20)12-13-22-14-16-23(17-15-22)24-18-25(28)27(30)26(29)19-24/h3-4,18-23H,2,5-17H2,1H3. The van der Waals surface area contributed by atoms with Gasteiger partial charge in [0.15, 0.2) is 17.5 Å². The molecule has 0 radical (unpaired) electrons. The minimum Gasteiger partial charge on any atom is -0.204 e. The van der Waals surface area contributed by atoms with Crippen LogP contribution in [0, 0.1) is 35.2 Å². The van der Waals surface area contributed by atoms with Gasteiger partial charge < -0.3 is 0 Å². The molecule has 1 aromatic rings. The van der Waals surface area contributed by atoms with Crippen molar-refractivity contribution in [1.82, 2.24) is 0 Å². The van der Waals surface area contributed by atoms with Crippen LogP contribution < -0.4 is 0 Å². The average Bonchev–Trinajstić information content (AvgIpc) is 2.77. The Hall–Kier alpha value is -1.25. The second-order valence-corrected chi connectivity index (χ2v) is 9.79. The molecular weight excluding hydrogens is 381 g/mol. The molecule has 168 valence electrons. The van der Waals surface area contributed by atoms with E-state index < -0.39 is 17.5 Å². The van der Waals surface area contributed by atoms with E-state index in [1.165, 1.54) is 69.9 Å². The molecule has 2 aliphatic carbocycles. The summed E-state index contributed by atoms with van der Waals surface area (Å²) in [6.07, 6.45) is 22.2. The average molecular weight is 421 g/mol. The van der Waals surface area contributed by atoms with Gasteiger partial charge in [-0.25, -0.2) is 13.2 Å². The lowest BCUT2D eigenvalue weighted by Gasteiger charge is -2.32. The Labute approximate surface area is 181 Å². The van der Waals surface area contributed by atoms with E-state index in [1.54, 1.807) is 0 Å². The Morgan fingerprint density at radius 1 is 0.733 bits per heavy atom. The van der Waals surface area contributed by atoms with Crippen LogP contribution in [0.1, 0.15) is 108 Å². The number of rotatable bonds is 9. The highest BCUT2D eigenvalue weighted by molar-refractivity contribution is 5.23. The van der Waals surface area contributed by atoms with Gasteiger partial charge in [-0.15, -0.1) is 0 Å². The smallest absolute Gasteiger partial charge is 0.194 e. The van der Waals surface area contributed by atoms with Crippen molar-refractivity contribution in [2.45, 2.75) is 103 Å². The first-order valence-corrected chi connectivity index (χ1v) is 12.4. The van der Waals surface area contributed by atoms with Crippen LogP contribution in [0.2, 0.25) is 0 Å². The zero-order chi connectivity index (χ0) is 21.3. The maximum Gasteiger partial charge on any atom is 0.194 e. The monoisotopic (exact) mass is 420 g/mol. The van der Waals surface area contributed by atoms with E-state index >= 15 is 0 Å². The van der Waals surface area contributed by atoms with Gasteiger partial charge in [0.1, 0.15) is 0 Å². The number of allylic oxidation sites excluding steroid dienone is 2. The molecule has 0 N–H and O–H groups in total. The molecule has 0 aromatic heterocycles. The highest BCUT2D eigenvalue weighted by atomic mass is 19.2. The molecule has 0 atom stereocenters. The van der Waals surface area contributed by atoms with Gasteiger partial charge in [-0.05, 0) is 86.3 Å². The van der Waals surface area contributed by atoms with Crippen molar-refractivity contribution in [3.63, 3.8) is 0 Å². The van der Waals surface area contributed by atoms with Gasteiger partial charge in [0.05, 0.1) is 0 Å². The number of unbranched alkanes of at least 4 members (excludes halogenated alkanes) is 1. The number of halogens is 3. The van der Waals surface area contributed by atoms with Gasteiger partial charge in [-0.3, -0.25) is 0 Å². The van der Waals surface area contributed by atoms with Gasteiger partial charge in [-0.2, -0.15) is 0 Å². The Morgan fingerprint density at radius 3 is 1.77 bits per heavy atom. The van der Waals surface area contributed by atoms with Crippen molar-refractivity contribution in [2.24, 2.45) is 17.8 Å². The minimum absolute atomic E-state index is 0.174. The Morgan fingerprint density at radius 2 is 1.23 bits per heavy atom.